The van der Waals surface area contributed by atoms with Crippen molar-refractivity contribution in [3.63, 3.8) is 0 Å². The topological polar surface area (TPSA) is 116 Å². The number of hydrogen-bond donors (Lipinski definition) is 0. The van der Waals surface area contributed by atoms with Crippen molar-refractivity contribution in [1.82, 2.24) is 23.5 Å². The minimum Gasteiger partial charge on any atom is -0.439 e. The van der Waals surface area contributed by atoms with Crippen molar-refractivity contribution in [3.05, 3.63) is 32.6 Å². The summed E-state index contributed by atoms with van der Waals surface area (Å²) in [7, 11) is 2.96. The number of rotatable bonds is 4. The molecule has 2 fully saturated rings. The molecule has 2 aromatic heterocycles. The molecule has 0 saturated carbocycles. The molecule has 154 valence electrons. The van der Waals surface area contributed by atoms with Crippen LogP contribution in [0.1, 0.15) is 23.8 Å². The van der Waals surface area contributed by atoms with Crippen LogP contribution in [0.15, 0.2) is 15.7 Å². The summed E-state index contributed by atoms with van der Waals surface area (Å²) in [6.45, 7) is 2.52. The van der Waals surface area contributed by atoms with E-state index in [-0.39, 0.29) is 25.6 Å². The van der Waals surface area contributed by atoms with Crippen molar-refractivity contribution in [2.75, 3.05) is 19.7 Å². The molecule has 4 rings (SSSR count). The van der Waals surface area contributed by atoms with E-state index in [2.05, 4.69) is 0 Å². The second-order valence-corrected chi connectivity index (χ2v) is 7.31. The van der Waals surface area contributed by atoms with Gasteiger partial charge in [0.05, 0.1) is 11.4 Å². The van der Waals surface area contributed by atoms with Crippen LogP contribution in [0.5, 0.6) is 0 Å². The van der Waals surface area contributed by atoms with Crippen LogP contribution < -0.4 is 11.2 Å². The summed E-state index contributed by atoms with van der Waals surface area (Å²) in [6, 6.07) is 1.10. The van der Waals surface area contributed by atoms with Crippen molar-refractivity contribution in [1.29, 1.82) is 0 Å². The first kappa shape index (κ1) is 19.0. The van der Waals surface area contributed by atoms with Gasteiger partial charge in [-0.15, -0.1) is 0 Å². The zero-order chi connectivity index (χ0) is 21.0. The lowest BCUT2D eigenvalue weighted by atomic mass is 10.1. The Balaban J connectivity index is 1.69. The van der Waals surface area contributed by atoms with Crippen molar-refractivity contribution in [3.8, 4) is 0 Å². The highest BCUT2D eigenvalue weighted by Gasteiger charge is 2.45. The van der Waals surface area contributed by atoms with Crippen LogP contribution in [0.3, 0.4) is 0 Å². The molecule has 0 N–H and O–H groups in total. The second-order valence-electron chi connectivity index (χ2n) is 7.31. The Morgan fingerprint density at radius 1 is 1.14 bits per heavy atom. The van der Waals surface area contributed by atoms with E-state index in [0.29, 0.717) is 29.7 Å². The highest BCUT2D eigenvalue weighted by Crippen LogP contribution is 2.24. The largest absolute Gasteiger partial charge is 0.439 e. The predicted molar refractivity (Wildman–Crippen MR) is 101 cm³/mol. The van der Waals surface area contributed by atoms with Gasteiger partial charge in [0, 0.05) is 33.7 Å². The fourth-order valence-electron chi connectivity index (χ4n) is 3.93. The molecule has 0 bridgehead atoms. The Bertz CT molecular complexity index is 1150. The molecule has 2 aliphatic rings. The Hall–Kier alpha value is -3.37. The highest BCUT2D eigenvalue weighted by molar-refractivity contribution is 6.00. The number of carbonyl (C=O) groups is 3. The number of hydrogen-bond acceptors (Lipinski definition) is 6. The van der Waals surface area contributed by atoms with Crippen LogP contribution in [0.4, 0.5) is 4.79 Å². The molecule has 2 aliphatic heterocycles. The molecule has 0 spiro atoms. The van der Waals surface area contributed by atoms with Gasteiger partial charge in [0.15, 0.2) is 6.61 Å². The Morgan fingerprint density at radius 3 is 2.41 bits per heavy atom. The van der Waals surface area contributed by atoms with Gasteiger partial charge in [0.25, 0.3) is 17.4 Å². The minimum absolute atomic E-state index is 0.199. The number of likely N-dealkylation sites (tertiary alicyclic amines) is 1. The Kier molecular flexibility index (Phi) is 4.32. The maximum atomic E-state index is 13.1. The molecule has 2 aromatic rings. The quantitative estimate of drug-likeness (QED) is 0.663. The first-order valence-electron chi connectivity index (χ1n) is 9.33. The number of aromatic nitrogens is 3. The van der Waals surface area contributed by atoms with Crippen LogP contribution in [0.25, 0.3) is 11.0 Å². The number of aryl methyl sites for hydroxylation is 2. The summed E-state index contributed by atoms with van der Waals surface area (Å²) in [6.07, 6.45) is 0.00944. The number of nitrogens with zero attached hydrogens (tertiary/aromatic N) is 5. The number of ether oxygens (including phenoxy) is 1. The summed E-state index contributed by atoms with van der Waals surface area (Å²) in [4.78, 5) is 64.0. The molecular formula is C18H21N5O6. The number of cyclic esters (lactones) is 1. The van der Waals surface area contributed by atoms with Crippen LogP contribution in [-0.2, 0) is 30.2 Å². The summed E-state index contributed by atoms with van der Waals surface area (Å²) >= 11 is 0. The molecule has 0 atom stereocenters. The predicted octanol–water partition coefficient (Wildman–Crippen LogP) is -0.748. The van der Waals surface area contributed by atoms with E-state index < -0.39 is 29.3 Å². The average molecular weight is 403 g/mol. The van der Waals surface area contributed by atoms with Crippen LogP contribution in [-0.4, -0.2) is 67.1 Å². The van der Waals surface area contributed by atoms with Crippen molar-refractivity contribution in [2.45, 2.75) is 25.9 Å². The van der Waals surface area contributed by atoms with Gasteiger partial charge >= 0.3 is 11.8 Å². The molecule has 11 nitrogen and oxygen atoms in total. The van der Waals surface area contributed by atoms with E-state index in [1.807, 2.05) is 6.92 Å². The fraction of sp³-hybridized carbons (Fsp3) is 0.500. The third kappa shape index (κ3) is 2.68. The molecule has 0 aromatic carbocycles. The summed E-state index contributed by atoms with van der Waals surface area (Å²) in [5, 5.41) is 0.293. The van der Waals surface area contributed by atoms with E-state index >= 15 is 0 Å². The van der Waals surface area contributed by atoms with Gasteiger partial charge in [-0.25, -0.2) is 14.5 Å². The average Bonchev–Trinajstić information content (AvgIpc) is 3.19. The van der Waals surface area contributed by atoms with Crippen molar-refractivity contribution >= 4 is 28.9 Å². The number of carbonyl (C=O) groups excluding carboxylic acids is 3. The standard InChI is InChI=1S/C18H21N5O6/c1-4-5-22-12(6-11-14(22)19(2)17(27)20(3)15(11)25)16(26)21-7-10(8-21)23-13(24)9-29-18(23)28/h6,10H,4-5,7-9H2,1-3H3. The molecule has 0 unspecified atom stereocenters. The molecule has 3 amide bonds. The number of fused-ring (bicyclic) bond motifs is 1. The number of imide groups is 1. The van der Waals surface area contributed by atoms with Gasteiger partial charge in [-0.1, -0.05) is 6.92 Å². The highest BCUT2D eigenvalue weighted by atomic mass is 16.6. The zero-order valence-electron chi connectivity index (χ0n) is 16.4. The molecule has 4 heterocycles. The number of amides is 3. The van der Waals surface area contributed by atoms with Crippen LogP contribution >= 0.6 is 0 Å². The van der Waals surface area contributed by atoms with Gasteiger partial charge in [-0.2, -0.15) is 0 Å². The van der Waals surface area contributed by atoms with Crippen molar-refractivity contribution < 1.29 is 19.1 Å². The zero-order valence-corrected chi connectivity index (χ0v) is 16.4. The fourth-order valence-corrected chi connectivity index (χ4v) is 3.93. The summed E-state index contributed by atoms with van der Waals surface area (Å²) in [5.74, 6) is -0.730. The van der Waals surface area contributed by atoms with E-state index in [0.717, 1.165) is 9.47 Å². The van der Waals surface area contributed by atoms with Gasteiger partial charge in [0.2, 0.25) is 0 Å². The minimum atomic E-state index is -0.689. The van der Waals surface area contributed by atoms with Gasteiger partial charge in [-0.3, -0.25) is 23.5 Å². The Morgan fingerprint density at radius 2 is 1.83 bits per heavy atom. The van der Waals surface area contributed by atoms with Crippen LogP contribution in [0.2, 0.25) is 0 Å². The van der Waals surface area contributed by atoms with E-state index in [4.69, 9.17) is 4.74 Å². The van der Waals surface area contributed by atoms with E-state index in [9.17, 15) is 24.0 Å². The Labute approximate surface area is 164 Å². The molecule has 0 aliphatic carbocycles. The molecule has 11 heteroatoms. The molecule has 0 radical (unpaired) electrons. The SMILES string of the molecule is CCCn1c(C(=O)N2CC(N3C(=O)COC3=O)C2)cc2c(=O)n(C)c(=O)n(C)c21. The first-order valence-corrected chi connectivity index (χ1v) is 9.33. The molecule has 29 heavy (non-hydrogen) atoms. The lowest BCUT2D eigenvalue weighted by molar-refractivity contribution is -0.129. The first-order chi connectivity index (χ1) is 13.8. The second kappa shape index (κ2) is 6.61. The van der Waals surface area contributed by atoms with E-state index in [1.54, 1.807) is 11.6 Å². The molecular weight excluding hydrogens is 382 g/mol. The maximum absolute atomic E-state index is 13.1. The summed E-state index contributed by atoms with van der Waals surface area (Å²) in [5.41, 5.74) is -0.224. The normalized spacial score (nSPS) is 17.2. The monoisotopic (exact) mass is 403 g/mol. The lowest BCUT2D eigenvalue weighted by Gasteiger charge is -2.41. The maximum Gasteiger partial charge on any atom is 0.417 e. The van der Waals surface area contributed by atoms with Crippen LogP contribution in [0, 0.1) is 0 Å². The van der Waals surface area contributed by atoms with Crippen molar-refractivity contribution in [2.24, 2.45) is 14.1 Å². The van der Waals surface area contributed by atoms with E-state index in [1.165, 1.54) is 22.6 Å². The third-order valence-corrected chi connectivity index (χ3v) is 5.46. The van der Waals surface area contributed by atoms with Gasteiger partial charge in [-0.05, 0) is 12.5 Å². The van der Waals surface area contributed by atoms with Gasteiger partial charge in [0.1, 0.15) is 11.3 Å². The summed E-state index contributed by atoms with van der Waals surface area (Å²) < 4.78 is 8.77. The third-order valence-electron chi connectivity index (χ3n) is 5.46. The molecule has 2 saturated heterocycles. The smallest absolute Gasteiger partial charge is 0.417 e. The van der Waals surface area contributed by atoms with Gasteiger partial charge < -0.3 is 14.2 Å². The lowest BCUT2D eigenvalue weighted by Crippen LogP contribution is -2.62.